The van der Waals surface area contributed by atoms with Crippen molar-refractivity contribution in [2.45, 2.75) is 30.7 Å². The van der Waals surface area contributed by atoms with Gasteiger partial charge in [0.05, 0.1) is 18.1 Å². The van der Waals surface area contributed by atoms with Crippen LogP contribution in [-0.2, 0) is 9.59 Å². The molecule has 0 spiro atoms. The fraction of sp³-hybridized carbons (Fsp3) is 0.500. The van der Waals surface area contributed by atoms with Crippen LogP contribution in [0.3, 0.4) is 0 Å². The van der Waals surface area contributed by atoms with E-state index in [1.165, 1.54) is 28.0 Å². The molecule has 3 aliphatic heterocycles. The molecule has 4 rings (SSSR count). The van der Waals surface area contributed by atoms with Gasteiger partial charge in [-0.3, -0.25) is 9.59 Å². The van der Waals surface area contributed by atoms with Crippen molar-refractivity contribution >= 4 is 46.0 Å². The first-order chi connectivity index (χ1) is 12.8. The Morgan fingerprint density at radius 3 is 2.70 bits per heavy atom. The van der Waals surface area contributed by atoms with Crippen LogP contribution in [-0.4, -0.2) is 68.4 Å². The summed E-state index contributed by atoms with van der Waals surface area (Å²) in [5, 5.41) is 21.8. The Morgan fingerprint density at radius 2 is 2.15 bits per heavy atom. The number of thiazole rings is 1. The molecule has 0 bridgehead atoms. The fourth-order valence-electron chi connectivity index (χ4n) is 3.73. The molecule has 0 aromatic carbocycles. The summed E-state index contributed by atoms with van der Waals surface area (Å²) in [6.07, 6.45) is -0.325. The lowest BCUT2D eigenvalue weighted by Crippen LogP contribution is -2.61. The van der Waals surface area contributed by atoms with Crippen LogP contribution in [0.5, 0.6) is 0 Å². The molecule has 0 aliphatic carbocycles. The van der Waals surface area contributed by atoms with Gasteiger partial charge in [0.2, 0.25) is 5.91 Å². The Kier molecular flexibility index (Phi) is 4.40. The number of carbonyl (C=O) groups excluding carboxylic acids is 2. The number of hydrogen-bond donors (Lipinski definition) is 3. The average molecular weight is 410 g/mol. The molecule has 2 unspecified atom stereocenters. The Labute approximate surface area is 162 Å². The number of thioether (sulfide) groups is 1. The van der Waals surface area contributed by atoms with E-state index in [4.69, 9.17) is 5.73 Å². The largest absolute Gasteiger partial charge is 0.477 e. The zero-order valence-corrected chi connectivity index (χ0v) is 16.0. The second-order valence-electron chi connectivity index (χ2n) is 6.85. The molecule has 4 heterocycles. The van der Waals surface area contributed by atoms with E-state index < -0.39 is 23.9 Å². The zero-order valence-electron chi connectivity index (χ0n) is 14.4. The molecule has 144 valence electrons. The number of carboxylic acids is 1. The summed E-state index contributed by atoms with van der Waals surface area (Å²) < 4.78 is 0. The van der Waals surface area contributed by atoms with Crippen LogP contribution >= 0.6 is 23.1 Å². The molecule has 0 saturated carbocycles. The number of fused-ring (bicyclic) bond motifs is 1. The van der Waals surface area contributed by atoms with Gasteiger partial charge in [-0.15, -0.1) is 23.1 Å². The molecule has 2 fully saturated rings. The van der Waals surface area contributed by atoms with Crippen molar-refractivity contribution in [1.82, 2.24) is 9.88 Å². The first-order valence-electron chi connectivity index (χ1n) is 8.42. The number of nitrogens with zero attached hydrogens (tertiary/aromatic N) is 3. The molecule has 9 nitrogen and oxygen atoms in total. The van der Waals surface area contributed by atoms with Gasteiger partial charge in [0.15, 0.2) is 5.13 Å². The molecule has 27 heavy (non-hydrogen) atoms. The number of carbonyl (C=O) groups is 3. The first-order valence-corrected chi connectivity index (χ1v) is 10.2. The average Bonchev–Trinajstić information content (AvgIpc) is 3.13. The maximum Gasteiger partial charge on any atom is 0.353 e. The van der Waals surface area contributed by atoms with Gasteiger partial charge in [0.25, 0.3) is 5.91 Å². The number of aliphatic carboxylic acids is 1. The number of aliphatic hydroxyl groups is 1. The highest BCUT2D eigenvalue weighted by Gasteiger charge is 2.57. The molecule has 2 amide bonds. The van der Waals surface area contributed by atoms with Crippen molar-refractivity contribution in [2.75, 3.05) is 18.0 Å². The molecular weight excluding hydrogens is 392 g/mol. The standard InChI is InChI=1S/C16H18N4O5S2/c1-6(21)11-9-2-10(12(15(24)25)20(9)14(11)23)27-7-3-19(4-7)16-18-8(5-26-16)13(17)22/h5-7,9,11,21H,2-4H2,1H3,(H2,17,22)(H,24,25)/t6-,9?,11?/m0/s1. The number of amides is 2. The Bertz CT molecular complexity index is 861. The lowest BCUT2D eigenvalue weighted by atomic mass is 9.83. The number of aliphatic hydroxyl groups excluding tert-OH is 1. The predicted octanol–water partition coefficient (Wildman–Crippen LogP) is 0.0715. The summed E-state index contributed by atoms with van der Waals surface area (Å²) in [5.74, 6) is -2.52. The molecule has 2 saturated heterocycles. The van der Waals surface area contributed by atoms with Crippen LogP contribution < -0.4 is 10.6 Å². The minimum absolute atomic E-state index is 0.0515. The Hall–Kier alpha value is -2.11. The number of β-lactam (4-membered cyclic amide) rings is 1. The summed E-state index contributed by atoms with van der Waals surface area (Å²) in [7, 11) is 0. The number of nitrogens with two attached hydrogens (primary N) is 1. The molecule has 1 aromatic heterocycles. The Balaban J connectivity index is 1.42. The first kappa shape index (κ1) is 18.3. The van der Waals surface area contributed by atoms with Crippen LogP contribution in [0.25, 0.3) is 0 Å². The maximum absolute atomic E-state index is 12.2. The minimum atomic E-state index is -1.11. The highest BCUT2D eigenvalue weighted by atomic mass is 32.2. The van der Waals surface area contributed by atoms with Crippen molar-refractivity contribution in [2.24, 2.45) is 11.7 Å². The van der Waals surface area contributed by atoms with Crippen LogP contribution in [0.4, 0.5) is 5.13 Å². The van der Waals surface area contributed by atoms with E-state index in [1.807, 2.05) is 4.90 Å². The quantitative estimate of drug-likeness (QED) is 0.561. The number of aromatic nitrogens is 1. The van der Waals surface area contributed by atoms with E-state index in [2.05, 4.69) is 4.98 Å². The van der Waals surface area contributed by atoms with Gasteiger partial charge in [0.1, 0.15) is 11.4 Å². The lowest BCUT2D eigenvalue weighted by molar-refractivity contribution is -0.161. The predicted molar refractivity (Wildman–Crippen MR) is 99.3 cm³/mol. The van der Waals surface area contributed by atoms with Crippen molar-refractivity contribution in [3.63, 3.8) is 0 Å². The third-order valence-corrected chi connectivity index (χ3v) is 7.24. The van der Waals surface area contributed by atoms with Crippen molar-refractivity contribution in [3.8, 4) is 0 Å². The van der Waals surface area contributed by atoms with Gasteiger partial charge >= 0.3 is 5.97 Å². The molecule has 0 radical (unpaired) electrons. The fourth-order valence-corrected chi connectivity index (χ4v) is 6.04. The summed E-state index contributed by atoms with van der Waals surface area (Å²) in [4.78, 5) is 43.2. The number of anilines is 1. The topological polar surface area (TPSA) is 137 Å². The van der Waals surface area contributed by atoms with Gasteiger partial charge in [0, 0.05) is 35.0 Å². The Morgan fingerprint density at radius 1 is 1.44 bits per heavy atom. The van der Waals surface area contributed by atoms with Crippen LogP contribution in [0.2, 0.25) is 0 Å². The van der Waals surface area contributed by atoms with Gasteiger partial charge in [-0.25, -0.2) is 9.78 Å². The van der Waals surface area contributed by atoms with E-state index in [9.17, 15) is 24.6 Å². The third-order valence-electron chi connectivity index (χ3n) is 5.06. The van der Waals surface area contributed by atoms with E-state index in [0.29, 0.717) is 29.5 Å². The van der Waals surface area contributed by atoms with Crippen LogP contribution in [0, 0.1) is 5.92 Å². The van der Waals surface area contributed by atoms with Gasteiger partial charge in [-0.2, -0.15) is 0 Å². The molecule has 3 atom stereocenters. The number of carboxylic acid groups (broad SMARTS) is 1. The highest BCUT2D eigenvalue weighted by Crippen LogP contribution is 2.49. The molecule has 4 N–H and O–H groups in total. The van der Waals surface area contributed by atoms with E-state index in [0.717, 1.165) is 0 Å². The summed E-state index contributed by atoms with van der Waals surface area (Å²) in [6, 6.07) is -0.264. The lowest BCUT2D eigenvalue weighted by Gasteiger charge is -2.44. The maximum atomic E-state index is 12.2. The van der Waals surface area contributed by atoms with Crippen molar-refractivity contribution < 1.29 is 24.6 Å². The van der Waals surface area contributed by atoms with Crippen LogP contribution in [0.15, 0.2) is 16.0 Å². The summed E-state index contributed by atoms with van der Waals surface area (Å²) in [6.45, 7) is 2.90. The smallest absolute Gasteiger partial charge is 0.353 e. The van der Waals surface area contributed by atoms with Gasteiger partial charge < -0.3 is 25.7 Å². The number of hydrogen-bond acceptors (Lipinski definition) is 8. The van der Waals surface area contributed by atoms with Gasteiger partial charge in [-0.05, 0) is 6.92 Å². The third kappa shape index (κ3) is 2.89. The summed E-state index contributed by atoms with van der Waals surface area (Å²) in [5.41, 5.74) is 5.51. The highest BCUT2D eigenvalue weighted by molar-refractivity contribution is 8.03. The van der Waals surface area contributed by atoms with Crippen molar-refractivity contribution in [1.29, 1.82) is 0 Å². The minimum Gasteiger partial charge on any atom is -0.477 e. The van der Waals surface area contributed by atoms with Crippen molar-refractivity contribution in [3.05, 3.63) is 21.7 Å². The molecule has 3 aliphatic rings. The monoisotopic (exact) mass is 410 g/mol. The second-order valence-corrected chi connectivity index (χ2v) is 9.08. The van der Waals surface area contributed by atoms with E-state index in [-0.39, 0.29) is 28.6 Å². The zero-order chi connectivity index (χ0) is 19.5. The molecular formula is C16H18N4O5S2. The molecule has 11 heteroatoms. The SMILES string of the molecule is C[C@H](O)C1C(=O)N2C(C(=O)O)=C(SC3CN(c4nc(C(N)=O)cs4)C3)CC12. The number of rotatable bonds is 6. The van der Waals surface area contributed by atoms with Gasteiger partial charge in [-0.1, -0.05) is 0 Å². The van der Waals surface area contributed by atoms with E-state index in [1.54, 1.807) is 12.3 Å². The molecule has 1 aromatic rings. The number of primary amides is 1. The normalized spacial score (nSPS) is 25.9. The second kappa shape index (κ2) is 6.50. The summed E-state index contributed by atoms with van der Waals surface area (Å²) >= 11 is 2.82. The van der Waals surface area contributed by atoms with Crippen LogP contribution in [0.1, 0.15) is 23.8 Å². The van der Waals surface area contributed by atoms with E-state index >= 15 is 0 Å².